The quantitative estimate of drug-likeness (QED) is 0.209. The first-order chi connectivity index (χ1) is 14.0. The number of ether oxygens (including phenoxy) is 4. The number of aryl methyl sites for hydroxylation is 2. The topological polar surface area (TPSA) is 123 Å². The molecule has 0 spiro atoms. The second kappa shape index (κ2) is 9.33. The fourth-order valence-corrected chi connectivity index (χ4v) is 2.58. The average Bonchev–Trinajstić information content (AvgIpc) is 2.63. The van der Waals surface area contributed by atoms with E-state index in [1.807, 2.05) is 0 Å². The zero-order valence-corrected chi connectivity index (χ0v) is 15.7. The smallest absolute Gasteiger partial charge is 0.475 e. The van der Waals surface area contributed by atoms with Gasteiger partial charge in [0.1, 0.15) is 19.0 Å². The van der Waals surface area contributed by atoms with Crippen molar-refractivity contribution in [3.05, 3.63) is 44.5 Å². The molecule has 1 heterocycles. The number of halogens is 3. The molecule has 164 valence electrons. The first-order valence-electron chi connectivity index (χ1n) is 8.29. The Bertz CT molecular complexity index is 867. The largest absolute Gasteiger partial charge is 0.511 e. The van der Waals surface area contributed by atoms with Crippen molar-refractivity contribution in [1.82, 2.24) is 0 Å². The molecule has 0 aromatic heterocycles. The van der Waals surface area contributed by atoms with E-state index in [4.69, 9.17) is 4.74 Å². The molecule has 13 heteroatoms. The molecule has 0 saturated carbocycles. The number of alkyl halides is 3. The highest BCUT2D eigenvalue weighted by molar-refractivity contribution is 5.96. The highest BCUT2D eigenvalue weighted by atomic mass is 19.4. The van der Waals surface area contributed by atoms with Crippen LogP contribution in [0, 0.1) is 24.0 Å². The maximum absolute atomic E-state index is 13.4. The Hall–Kier alpha value is -3.51. The van der Waals surface area contributed by atoms with E-state index in [0.29, 0.717) is 5.56 Å². The van der Waals surface area contributed by atoms with Crippen LogP contribution in [0.25, 0.3) is 6.08 Å². The van der Waals surface area contributed by atoms with Crippen LogP contribution in [0.4, 0.5) is 18.0 Å². The van der Waals surface area contributed by atoms with E-state index in [1.165, 1.54) is 0 Å². The van der Waals surface area contributed by atoms with E-state index < -0.39 is 55.1 Å². The Morgan fingerprint density at radius 3 is 2.50 bits per heavy atom. The third kappa shape index (κ3) is 5.99. The number of fused-ring (bicyclic) bond motifs is 1. The molecule has 30 heavy (non-hydrogen) atoms. The van der Waals surface area contributed by atoms with Crippen LogP contribution >= 0.6 is 0 Å². The fraction of sp³-hybridized carbons (Fsp3) is 0.412. The molecule has 0 bridgehead atoms. The molecular formula is C17H16F3NO9. The van der Waals surface area contributed by atoms with Gasteiger partial charge in [-0.3, -0.25) is 0 Å². The lowest BCUT2D eigenvalue weighted by molar-refractivity contribution is -0.757. The predicted octanol–water partition coefficient (Wildman–Crippen LogP) is 2.87. The molecule has 0 N–H and O–H groups in total. The van der Waals surface area contributed by atoms with E-state index in [2.05, 4.69) is 19.0 Å². The predicted molar refractivity (Wildman–Crippen MR) is 90.7 cm³/mol. The van der Waals surface area contributed by atoms with Crippen molar-refractivity contribution in [3.63, 3.8) is 0 Å². The number of carbonyl (C=O) groups excluding carboxylic acids is 2. The molecule has 0 fully saturated rings. The maximum atomic E-state index is 13.4. The van der Waals surface area contributed by atoms with Gasteiger partial charge in [0, 0.05) is 5.56 Å². The van der Waals surface area contributed by atoms with Gasteiger partial charge in [0.25, 0.3) is 5.09 Å². The lowest BCUT2D eigenvalue weighted by atomic mass is 9.97. The molecule has 1 aliphatic heterocycles. The Kier molecular flexibility index (Phi) is 7.08. The molecule has 1 unspecified atom stereocenters. The molecule has 1 atom stereocenters. The summed E-state index contributed by atoms with van der Waals surface area (Å²) >= 11 is 0. The molecule has 2 rings (SSSR count). The summed E-state index contributed by atoms with van der Waals surface area (Å²) in [7, 11) is 0. The van der Waals surface area contributed by atoms with Crippen LogP contribution < -0.4 is 4.74 Å². The van der Waals surface area contributed by atoms with Gasteiger partial charge in [0.05, 0.1) is 5.57 Å². The third-order valence-corrected chi connectivity index (χ3v) is 3.68. The first kappa shape index (κ1) is 22.8. The van der Waals surface area contributed by atoms with Crippen molar-refractivity contribution >= 4 is 18.2 Å². The molecule has 10 nitrogen and oxygen atoms in total. The number of carbonyl (C=O) groups is 2. The van der Waals surface area contributed by atoms with Crippen LogP contribution in [0.15, 0.2) is 17.7 Å². The lowest BCUT2D eigenvalue weighted by Gasteiger charge is -2.29. The number of rotatable bonds is 7. The zero-order valence-electron chi connectivity index (χ0n) is 15.7. The van der Waals surface area contributed by atoms with E-state index >= 15 is 0 Å². The van der Waals surface area contributed by atoms with Crippen molar-refractivity contribution < 1.29 is 51.6 Å². The van der Waals surface area contributed by atoms with E-state index in [9.17, 15) is 32.9 Å². The number of benzene rings is 1. The summed E-state index contributed by atoms with van der Waals surface area (Å²) in [6.07, 6.45) is -7.83. The molecule has 0 radical (unpaired) electrons. The van der Waals surface area contributed by atoms with Crippen LogP contribution in [0.2, 0.25) is 0 Å². The van der Waals surface area contributed by atoms with E-state index in [-0.39, 0.29) is 11.3 Å². The van der Waals surface area contributed by atoms with Crippen LogP contribution in [0.3, 0.4) is 0 Å². The van der Waals surface area contributed by atoms with Gasteiger partial charge in [-0.1, -0.05) is 11.6 Å². The van der Waals surface area contributed by atoms with Gasteiger partial charge in [-0.05, 0) is 31.6 Å². The summed E-state index contributed by atoms with van der Waals surface area (Å²) < 4.78 is 58.5. The van der Waals surface area contributed by atoms with Crippen LogP contribution in [-0.4, -0.2) is 49.5 Å². The van der Waals surface area contributed by atoms with Crippen LogP contribution in [-0.2, 0) is 23.8 Å². The van der Waals surface area contributed by atoms with Crippen molar-refractivity contribution in [3.8, 4) is 5.75 Å². The minimum Gasteiger partial charge on any atom is -0.475 e. The normalized spacial score (nSPS) is 15.2. The lowest BCUT2D eigenvalue weighted by Crippen LogP contribution is -2.41. The van der Waals surface area contributed by atoms with Crippen molar-refractivity contribution in [2.24, 2.45) is 0 Å². The number of hydrogen-bond acceptors (Lipinski definition) is 9. The highest BCUT2D eigenvalue weighted by Crippen LogP contribution is 2.39. The second-order valence-corrected chi connectivity index (χ2v) is 5.99. The second-order valence-electron chi connectivity index (χ2n) is 5.99. The van der Waals surface area contributed by atoms with Gasteiger partial charge in [-0.2, -0.15) is 13.2 Å². The summed E-state index contributed by atoms with van der Waals surface area (Å²) in [4.78, 5) is 37.2. The summed E-state index contributed by atoms with van der Waals surface area (Å²) in [6, 6.07) is 3.18. The summed E-state index contributed by atoms with van der Waals surface area (Å²) in [5, 5.41) is 8.81. The van der Waals surface area contributed by atoms with Crippen LogP contribution in [0.1, 0.15) is 16.7 Å². The van der Waals surface area contributed by atoms with E-state index in [1.54, 1.807) is 26.0 Å². The minimum absolute atomic E-state index is 0.00348. The van der Waals surface area contributed by atoms with Gasteiger partial charge in [-0.25, -0.2) is 9.59 Å². The minimum atomic E-state index is -4.91. The van der Waals surface area contributed by atoms with Crippen molar-refractivity contribution in [1.29, 1.82) is 0 Å². The summed E-state index contributed by atoms with van der Waals surface area (Å²) in [5.74, 6) is -1.41. The summed E-state index contributed by atoms with van der Waals surface area (Å²) in [5.41, 5.74) is 0.661. The van der Waals surface area contributed by atoms with Gasteiger partial charge >= 0.3 is 18.3 Å². The average molecular weight is 435 g/mol. The van der Waals surface area contributed by atoms with Gasteiger partial charge in [-0.15, -0.1) is 10.1 Å². The van der Waals surface area contributed by atoms with Crippen LogP contribution in [0.5, 0.6) is 5.75 Å². The molecule has 1 aromatic rings. The first-order valence-corrected chi connectivity index (χ1v) is 8.29. The number of nitrogens with zero attached hydrogens (tertiary/aromatic N) is 1. The maximum Gasteiger partial charge on any atom is 0.511 e. The summed E-state index contributed by atoms with van der Waals surface area (Å²) in [6.45, 7) is 1.17. The molecule has 1 aromatic carbocycles. The standard InChI is InChI=1S/C17H16F3NO9/c1-9-5-10(2)13-11(6-9)7-12(14(30-13)17(18,19)20)15(22)27-8-28-16(23)26-3-4-29-21(24)25/h5-7,14H,3-4,8H2,1-2H3. The Labute approximate surface area is 167 Å². The number of hydrogen-bond donors (Lipinski definition) is 0. The molecule has 0 aliphatic carbocycles. The van der Waals surface area contributed by atoms with E-state index in [0.717, 1.165) is 11.6 Å². The molecule has 0 saturated heterocycles. The fourth-order valence-electron chi connectivity index (χ4n) is 2.58. The molecule has 0 amide bonds. The zero-order chi connectivity index (χ0) is 22.5. The third-order valence-electron chi connectivity index (χ3n) is 3.68. The van der Waals surface area contributed by atoms with Crippen molar-refractivity contribution in [2.45, 2.75) is 26.1 Å². The van der Waals surface area contributed by atoms with Crippen molar-refractivity contribution in [2.75, 3.05) is 20.0 Å². The molecule has 1 aliphatic rings. The Morgan fingerprint density at radius 1 is 1.17 bits per heavy atom. The Balaban J connectivity index is 2.02. The highest BCUT2D eigenvalue weighted by Gasteiger charge is 2.49. The van der Waals surface area contributed by atoms with Gasteiger partial charge in [0.2, 0.25) is 12.9 Å². The van der Waals surface area contributed by atoms with Gasteiger partial charge < -0.3 is 23.8 Å². The van der Waals surface area contributed by atoms with Gasteiger partial charge in [0.15, 0.2) is 0 Å². The SMILES string of the molecule is Cc1cc(C)c2c(c1)C=C(C(=O)OCOC(=O)OCCO[N+](=O)[O-])C(C(F)(F)F)O2. The monoisotopic (exact) mass is 435 g/mol. The Morgan fingerprint density at radius 2 is 1.87 bits per heavy atom. The molecular weight excluding hydrogens is 419 g/mol. The number of esters is 1.